The maximum absolute atomic E-state index is 2.54. The number of hydrogen-bond donors (Lipinski definition) is 0. The highest BCUT2D eigenvalue weighted by Gasteiger charge is 2.67. The van der Waals surface area contributed by atoms with Crippen LogP contribution in [0.25, 0.3) is 0 Å². The summed E-state index contributed by atoms with van der Waals surface area (Å²) in [5.41, 5.74) is 6.31. The molecule has 4 aromatic rings. The van der Waals surface area contributed by atoms with Crippen LogP contribution in [-0.2, 0) is 25.7 Å². The molecule has 0 radical (unpaired) electrons. The Hall–Kier alpha value is -2.69. The molecule has 0 atom stereocenters. The third kappa shape index (κ3) is 3.61. The van der Waals surface area contributed by atoms with Crippen molar-refractivity contribution in [2.45, 2.75) is 65.5 Å². The van der Waals surface area contributed by atoms with Crippen molar-refractivity contribution in [3.05, 3.63) is 119 Å². The molecule has 0 nitrogen and oxygen atoms in total. The fraction of sp³-hybridized carbons (Fsp3) is 0.294. The molecule has 0 aliphatic carbocycles. The van der Waals surface area contributed by atoms with Gasteiger partial charge in [0, 0.05) is 0 Å². The topological polar surface area (TPSA) is 0 Å². The first kappa shape index (κ1) is 25.0. The molecule has 1 saturated heterocycles. The maximum atomic E-state index is 2.54. The van der Waals surface area contributed by atoms with Gasteiger partial charge in [0.2, 0.25) is 0 Å². The first-order chi connectivity index (χ1) is 17.7. The van der Waals surface area contributed by atoms with Gasteiger partial charge in [-0.1, -0.05) is 158 Å². The molecule has 0 spiro atoms. The van der Waals surface area contributed by atoms with Gasteiger partial charge in [-0.25, -0.2) is 0 Å². The molecule has 5 rings (SSSR count). The van der Waals surface area contributed by atoms with Crippen molar-refractivity contribution >= 4 is 35.9 Å². The molecule has 0 unspecified atom stereocenters. The van der Waals surface area contributed by atoms with Crippen molar-refractivity contribution in [2.75, 3.05) is 0 Å². The van der Waals surface area contributed by atoms with Gasteiger partial charge in [0.1, 0.15) is 15.2 Å². The van der Waals surface area contributed by atoms with Crippen molar-refractivity contribution in [3.8, 4) is 0 Å². The molecular weight excluding hydrogens is 465 g/mol. The minimum Gasteiger partial charge on any atom is -0.0626 e. The lowest BCUT2D eigenvalue weighted by Gasteiger charge is -2.60. The van der Waals surface area contributed by atoms with Crippen LogP contribution in [0.3, 0.4) is 0 Å². The van der Waals surface area contributed by atoms with Gasteiger partial charge in [0.15, 0.2) is 0 Å². The van der Waals surface area contributed by atoms with E-state index in [2.05, 4.69) is 125 Å². The van der Waals surface area contributed by atoms with E-state index in [1.807, 2.05) is 0 Å². The molecule has 184 valence electrons. The number of aryl methyl sites for hydroxylation is 4. The lowest BCUT2D eigenvalue weighted by atomic mass is 10.2. The molecule has 0 saturated carbocycles. The number of rotatable bonds is 8. The van der Waals surface area contributed by atoms with E-state index in [1.165, 1.54) is 12.1 Å². The van der Waals surface area contributed by atoms with Crippen LogP contribution in [0.15, 0.2) is 97.1 Å². The smallest absolute Gasteiger partial charge is 0.0626 e. The largest absolute Gasteiger partial charge is 0.121 e. The van der Waals surface area contributed by atoms with Crippen LogP contribution in [0.5, 0.6) is 0 Å². The average Bonchev–Trinajstić information content (AvgIpc) is 2.94. The van der Waals surface area contributed by atoms with E-state index in [0.717, 1.165) is 25.7 Å². The number of hydrogen-bond acceptors (Lipinski definition) is 0. The standard InChI is InChI=1S/C34H40Si2/c1-5-27-17-9-13-21-31(27)35(32-22-14-10-18-28(32)6-2)25-26-36(35,33-23-15-11-19-29(33)7-3)34-24-16-12-20-30(34)8-4/h9-24H,5-8,25-26H2,1-4H3. The Labute approximate surface area is 220 Å². The summed E-state index contributed by atoms with van der Waals surface area (Å²) in [6, 6.07) is 41.0. The van der Waals surface area contributed by atoms with Crippen LogP contribution < -0.4 is 20.7 Å². The van der Waals surface area contributed by atoms with Gasteiger partial charge in [-0.3, -0.25) is 0 Å². The van der Waals surface area contributed by atoms with Crippen LogP contribution in [0.1, 0.15) is 49.9 Å². The van der Waals surface area contributed by atoms with E-state index < -0.39 is 15.2 Å². The van der Waals surface area contributed by atoms with Crippen molar-refractivity contribution < 1.29 is 0 Å². The molecule has 1 heterocycles. The van der Waals surface area contributed by atoms with Gasteiger partial charge in [0.25, 0.3) is 0 Å². The molecule has 1 aliphatic rings. The predicted octanol–water partition coefficient (Wildman–Crippen LogP) is 5.85. The fourth-order valence-corrected chi connectivity index (χ4v) is 29.1. The second kappa shape index (κ2) is 10.4. The van der Waals surface area contributed by atoms with Gasteiger partial charge in [-0.15, -0.1) is 0 Å². The average molecular weight is 505 g/mol. The van der Waals surface area contributed by atoms with Gasteiger partial charge in [-0.05, 0) is 47.9 Å². The Bertz CT molecular complexity index is 1150. The summed E-state index contributed by atoms with van der Waals surface area (Å²) in [6.07, 6.45) is 4.42. The van der Waals surface area contributed by atoms with Crippen LogP contribution in [-0.4, -0.2) is 15.2 Å². The van der Waals surface area contributed by atoms with Crippen molar-refractivity contribution in [1.82, 2.24) is 0 Å². The highest BCUT2D eigenvalue weighted by atomic mass is 29.3. The van der Waals surface area contributed by atoms with Crippen LogP contribution >= 0.6 is 0 Å². The summed E-state index contributed by atoms with van der Waals surface area (Å²) >= 11 is 0. The molecule has 4 aromatic carbocycles. The van der Waals surface area contributed by atoms with Crippen LogP contribution in [0.4, 0.5) is 0 Å². The van der Waals surface area contributed by atoms with Crippen molar-refractivity contribution in [1.29, 1.82) is 0 Å². The van der Waals surface area contributed by atoms with E-state index in [-0.39, 0.29) is 0 Å². The molecule has 0 amide bonds. The Morgan fingerprint density at radius 3 is 0.806 bits per heavy atom. The Kier molecular flexibility index (Phi) is 7.19. The molecule has 2 heteroatoms. The summed E-state index contributed by atoms with van der Waals surface area (Å²) in [4.78, 5) is 0. The lowest BCUT2D eigenvalue weighted by Crippen LogP contribution is -2.92. The number of benzene rings is 4. The quantitative estimate of drug-likeness (QED) is 0.264. The summed E-state index contributed by atoms with van der Waals surface area (Å²) in [5.74, 6) is 0. The fourth-order valence-electron chi connectivity index (χ4n) is 7.35. The minimum absolute atomic E-state index is 1.11. The third-order valence-corrected chi connectivity index (χ3v) is 27.7. The van der Waals surface area contributed by atoms with E-state index in [1.54, 1.807) is 43.0 Å². The van der Waals surface area contributed by atoms with Crippen molar-refractivity contribution in [3.63, 3.8) is 0 Å². The van der Waals surface area contributed by atoms with E-state index in [9.17, 15) is 0 Å². The zero-order chi connectivity index (χ0) is 25.2. The first-order valence-electron chi connectivity index (χ1n) is 14.0. The summed E-state index contributed by atoms with van der Waals surface area (Å²) in [6.45, 7) is 9.42. The second-order valence-electron chi connectivity index (χ2n) is 10.4. The molecule has 1 aliphatic heterocycles. The first-order valence-corrected chi connectivity index (χ1v) is 19.4. The Morgan fingerprint density at radius 1 is 0.389 bits per heavy atom. The lowest BCUT2D eigenvalue weighted by molar-refractivity contribution is 1.12. The normalized spacial score (nSPS) is 15.9. The predicted molar refractivity (Wildman–Crippen MR) is 163 cm³/mol. The highest BCUT2D eigenvalue weighted by molar-refractivity contribution is 7.63. The molecular formula is C34H40Si2. The van der Waals surface area contributed by atoms with Gasteiger partial charge in [-0.2, -0.15) is 0 Å². The van der Waals surface area contributed by atoms with Crippen molar-refractivity contribution in [2.24, 2.45) is 0 Å². The summed E-state index contributed by atoms with van der Waals surface area (Å²) < 4.78 is 0. The monoisotopic (exact) mass is 504 g/mol. The maximum Gasteiger partial charge on any atom is 0.121 e. The van der Waals surface area contributed by atoms with Crippen LogP contribution in [0, 0.1) is 0 Å². The Morgan fingerprint density at radius 2 is 0.611 bits per heavy atom. The third-order valence-electron chi connectivity index (χ3n) is 9.04. The molecule has 0 aromatic heterocycles. The summed E-state index contributed by atoms with van der Waals surface area (Å²) in [5, 5.41) is 6.90. The Balaban J connectivity index is 1.98. The SMILES string of the molecule is CCc1ccccc1[Si]1(c2ccccc2CC)CC[Si]1(c1ccccc1CC)c1ccccc1CC. The van der Waals surface area contributed by atoms with Gasteiger partial charge < -0.3 is 0 Å². The zero-order valence-electron chi connectivity index (χ0n) is 22.5. The molecule has 0 bridgehead atoms. The van der Waals surface area contributed by atoms with Gasteiger partial charge in [0.05, 0.1) is 0 Å². The van der Waals surface area contributed by atoms with E-state index in [0.29, 0.717) is 0 Å². The summed E-state index contributed by atoms with van der Waals surface area (Å²) in [7, 11) is -4.29. The second-order valence-corrected chi connectivity index (χ2v) is 22.3. The van der Waals surface area contributed by atoms with E-state index >= 15 is 0 Å². The minimum atomic E-state index is -2.14. The zero-order valence-corrected chi connectivity index (χ0v) is 24.5. The molecule has 36 heavy (non-hydrogen) atoms. The highest BCUT2D eigenvalue weighted by Crippen LogP contribution is 2.42. The molecule has 0 N–H and O–H groups in total. The van der Waals surface area contributed by atoms with Crippen LogP contribution in [0.2, 0.25) is 12.1 Å². The van der Waals surface area contributed by atoms with Gasteiger partial charge >= 0.3 is 0 Å². The molecule has 1 fully saturated rings. The van der Waals surface area contributed by atoms with E-state index in [4.69, 9.17) is 0 Å².